The van der Waals surface area contributed by atoms with E-state index in [9.17, 15) is 68.4 Å². The van der Waals surface area contributed by atoms with Crippen LogP contribution in [0.4, 0.5) is 0 Å². The number of amides is 9. The van der Waals surface area contributed by atoms with Gasteiger partial charge in [-0.15, -0.1) is 0 Å². The molecule has 0 aromatic heterocycles. The van der Waals surface area contributed by atoms with Crippen LogP contribution in [-0.2, 0) is 54.4 Å². The van der Waals surface area contributed by atoms with Crippen LogP contribution >= 0.6 is 24.4 Å². The number of thiol groups is 1. The molecule has 0 aliphatic rings. The van der Waals surface area contributed by atoms with Crippen LogP contribution in [0.2, 0.25) is 0 Å². The van der Waals surface area contributed by atoms with E-state index in [1.165, 1.54) is 43.0 Å². The summed E-state index contributed by atoms with van der Waals surface area (Å²) in [6.07, 6.45) is 2.38. The van der Waals surface area contributed by atoms with Gasteiger partial charge in [0.15, 0.2) is 0 Å². The number of carboxylic acids is 1. The molecule has 0 aliphatic heterocycles. The van der Waals surface area contributed by atoms with Gasteiger partial charge in [0, 0.05) is 12.2 Å². The van der Waals surface area contributed by atoms with Gasteiger partial charge in [-0.2, -0.15) is 24.4 Å². The number of thioether (sulfide) groups is 1. The van der Waals surface area contributed by atoms with Crippen molar-refractivity contribution in [2.75, 3.05) is 31.0 Å². The van der Waals surface area contributed by atoms with E-state index in [-0.39, 0.29) is 61.4 Å². The Labute approximate surface area is 455 Å². The second-order valence-corrected chi connectivity index (χ2v) is 21.4. The highest BCUT2D eigenvalue weighted by atomic mass is 32.2. The number of aliphatic hydroxyl groups is 2. The average molecular weight is 1110 g/mol. The van der Waals surface area contributed by atoms with Gasteiger partial charge in [-0.3, -0.25) is 43.2 Å². The molecule has 0 heterocycles. The van der Waals surface area contributed by atoms with E-state index in [1.54, 1.807) is 61.6 Å². The van der Waals surface area contributed by atoms with Crippen molar-refractivity contribution in [2.24, 2.45) is 29.4 Å². The van der Waals surface area contributed by atoms with Gasteiger partial charge in [-0.25, -0.2) is 4.79 Å². The predicted molar refractivity (Wildman–Crippen MR) is 289 cm³/mol. The fraction of sp³-hybridized carbons (Fsp3) is 0.680. The van der Waals surface area contributed by atoms with Crippen molar-refractivity contribution in [3.8, 4) is 5.75 Å². The zero-order valence-corrected chi connectivity index (χ0v) is 47.0. The molecule has 0 radical (unpaired) electrons. The Hall–Kier alpha value is -5.70. The summed E-state index contributed by atoms with van der Waals surface area (Å²) in [4.78, 5) is 134. The molecule has 0 fully saturated rings. The first-order valence-corrected chi connectivity index (χ1v) is 27.5. The minimum absolute atomic E-state index is 0.0377. The third-order valence-electron chi connectivity index (χ3n) is 12.0. The minimum atomic E-state index is -1.60. The number of phenols is 1. The molecular formula is C50H84N10O14S2. The number of hydrogen-bond acceptors (Lipinski definition) is 16. The smallest absolute Gasteiger partial charge is 0.326 e. The van der Waals surface area contributed by atoms with Gasteiger partial charge in [0.2, 0.25) is 53.2 Å². The SMILES string of the molecule is CC[C@H](C)[C@H](NC(=O)[C@H](CS)NC(=O)[C@H](CC(C)C)NC(=O)[C@H](Cc1ccc(O)cc1)NC(=O)[C@H](CCSC)NC(=O)[C@@H](N)CO)C(=O)N[C@@H](CC(C)C)C(=O)N[C@@H](CO)C(=O)N[C@@H](C)C(=O)N[C@@H](CC(C)C)C(=O)O. The van der Waals surface area contributed by atoms with Crippen LogP contribution in [0.15, 0.2) is 24.3 Å². The van der Waals surface area contributed by atoms with E-state index >= 15 is 0 Å². The third kappa shape index (κ3) is 24.5. The quantitative estimate of drug-likeness (QED) is 0.0347. The second-order valence-electron chi connectivity index (χ2n) is 20.1. The Balaban J connectivity index is 3.37. The van der Waals surface area contributed by atoms with Gasteiger partial charge in [0.1, 0.15) is 66.2 Å². The van der Waals surface area contributed by atoms with Crippen molar-refractivity contribution in [1.82, 2.24) is 47.9 Å². The average Bonchev–Trinajstić information content (AvgIpc) is 3.35. The predicted octanol–water partition coefficient (Wildman–Crippen LogP) is -1.42. The lowest BCUT2D eigenvalue weighted by Crippen LogP contribution is -2.62. The number of phenolic OH excluding ortho intramolecular Hbond substituents is 1. The first-order valence-electron chi connectivity index (χ1n) is 25.4. The van der Waals surface area contributed by atoms with Crippen molar-refractivity contribution in [3.05, 3.63) is 29.8 Å². The largest absolute Gasteiger partial charge is 0.508 e. The molecule has 24 nitrogen and oxygen atoms in total. The third-order valence-corrected chi connectivity index (χ3v) is 13.0. The van der Waals surface area contributed by atoms with Crippen LogP contribution in [0.3, 0.4) is 0 Å². The monoisotopic (exact) mass is 1110 g/mol. The Morgan fingerprint density at radius 2 is 0.961 bits per heavy atom. The molecule has 26 heteroatoms. The number of benzene rings is 1. The summed E-state index contributed by atoms with van der Waals surface area (Å²) in [5, 5.41) is 61.9. The molecule has 0 spiro atoms. The molecule has 0 saturated heterocycles. The summed E-state index contributed by atoms with van der Waals surface area (Å²) in [5.74, 6) is -9.65. The Morgan fingerprint density at radius 3 is 1.43 bits per heavy atom. The van der Waals surface area contributed by atoms with Crippen LogP contribution in [0, 0.1) is 23.7 Å². The fourth-order valence-corrected chi connectivity index (χ4v) is 8.14. The number of aliphatic hydroxyl groups excluding tert-OH is 2. The summed E-state index contributed by atoms with van der Waals surface area (Å²) in [6, 6.07) is -7.34. The number of hydrogen-bond donors (Lipinski definition) is 15. The standard InChI is InChI=1S/C50H84N10O14S2/c1-11-28(8)40(49(72)56-35(19-26(4)5)44(67)58-38(23-62)47(70)52-29(9)41(64)57-37(50(73)74)20-27(6)7)60-48(71)39(24-75)59-45(68)34(18-25(2)3)54-46(69)36(21-30-12-14-31(63)15-13-30)55-43(66)33(16-17-76-10)53-42(65)32(51)22-61/h12-15,25-29,32-40,61-63,75H,11,16-24,51H2,1-10H3,(H,52,70)(H,53,65)(H,54,69)(H,55,66)(H,56,72)(H,57,64)(H,58,67)(H,59,68)(H,60,71)(H,73,74)/t28-,29-,32-,33-,34-,35-,36-,37-,38-,39-,40-/m0/s1. The lowest BCUT2D eigenvalue weighted by molar-refractivity contribution is -0.142. The molecule has 0 unspecified atom stereocenters. The van der Waals surface area contributed by atoms with Crippen LogP contribution in [-0.4, -0.2) is 171 Å². The Morgan fingerprint density at radius 1 is 0.539 bits per heavy atom. The molecule has 0 aliphatic carbocycles. The van der Waals surface area contributed by atoms with E-state index in [4.69, 9.17) is 5.73 Å². The van der Waals surface area contributed by atoms with Crippen LogP contribution in [0.25, 0.3) is 0 Å². The molecule has 1 aromatic rings. The summed E-state index contributed by atoms with van der Waals surface area (Å²) in [6.45, 7) is 13.8. The molecular weight excluding hydrogens is 1030 g/mol. The second kappa shape index (κ2) is 34.9. The van der Waals surface area contributed by atoms with Gasteiger partial charge in [0.25, 0.3) is 0 Å². The molecule has 0 saturated carbocycles. The molecule has 1 rings (SSSR count). The topological polar surface area (TPSA) is 386 Å². The first-order chi connectivity index (χ1) is 35.6. The van der Waals surface area contributed by atoms with Crippen molar-refractivity contribution in [3.63, 3.8) is 0 Å². The van der Waals surface area contributed by atoms with Crippen molar-refractivity contribution >= 4 is 83.5 Å². The zero-order valence-electron chi connectivity index (χ0n) is 45.3. The number of aliphatic carboxylic acids is 1. The van der Waals surface area contributed by atoms with Gasteiger partial charge < -0.3 is 74.0 Å². The van der Waals surface area contributed by atoms with E-state index < -0.39 is 139 Å². The van der Waals surface area contributed by atoms with Crippen molar-refractivity contribution in [1.29, 1.82) is 0 Å². The Bertz CT molecular complexity index is 2090. The van der Waals surface area contributed by atoms with Crippen LogP contribution in [0.1, 0.15) is 100.0 Å². The number of aromatic hydroxyl groups is 1. The fourth-order valence-electron chi connectivity index (χ4n) is 7.41. The van der Waals surface area contributed by atoms with Crippen molar-refractivity contribution < 1.29 is 68.4 Å². The summed E-state index contributed by atoms with van der Waals surface area (Å²) in [7, 11) is 0. The number of carbonyl (C=O) groups excluding carboxylic acids is 9. The lowest BCUT2D eigenvalue weighted by Gasteiger charge is -2.30. The van der Waals surface area contributed by atoms with E-state index in [0.29, 0.717) is 17.7 Å². The van der Waals surface area contributed by atoms with E-state index in [0.717, 1.165) is 0 Å². The maximum absolute atomic E-state index is 14.2. The van der Waals surface area contributed by atoms with Crippen LogP contribution in [0.5, 0.6) is 5.75 Å². The number of carbonyl (C=O) groups is 10. The minimum Gasteiger partial charge on any atom is -0.508 e. The van der Waals surface area contributed by atoms with Crippen LogP contribution < -0.4 is 53.6 Å². The molecule has 15 N–H and O–H groups in total. The summed E-state index contributed by atoms with van der Waals surface area (Å²) in [5.41, 5.74) is 6.20. The van der Waals surface area contributed by atoms with E-state index in [1.807, 2.05) is 0 Å². The summed E-state index contributed by atoms with van der Waals surface area (Å²) < 4.78 is 0. The number of nitrogens with two attached hydrogens (primary N) is 1. The number of carboxylic acid groups (broad SMARTS) is 1. The highest BCUT2D eigenvalue weighted by molar-refractivity contribution is 7.98. The highest BCUT2D eigenvalue weighted by Gasteiger charge is 2.36. The lowest BCUT2D eigenvalue weighted by atomic mass is 9.96. The zero-order chi connectivity index (χ0) is 58.0. The highest BCUT2D eigenvalue weighted by Crippen LogP contribution is 2.15. The normalized spacial score (nSPS) is 15.7. The van der Waals surface area contributed by atoms with Gasteiger partial charge in [-0.1, -0.05) is 73.9 Å². The molecule has 430 valence electrons. The molecule has 76 heavy (non-hydrogen) atoms. The Kier molecular flexibility index (Phi) is 31.3. The van der Waals surface area contributed by atoms with E-state index in [2.05, 4.69) is 60.5 Å². The summed E-state index contributed by atoms with van der Waals surface area (Å²) >= 11 is 5.71. The number of nitrogens with one attached hydrogen (secondary N) is 9. The molecule has 11 atom stereocenters. The maximum atomic E-state index is 14.2. The first kappa shape index (κ1) is 68.3. The number of rotatable bonds is 35. The van der Waals surface area contributed by atoms with Gasteiger partial charge in [0.05, 0.1) is 13.2 Å². The van der Waals surface area contributed by atoms with Crippen molar-refractivity contribution in [2.45, 2.75) is 161 Å². The van der Waals surface area contributed by atoms with Gasteiger partial charge >= 0.3 is 5.97 Å². The molecule has 0 bridgehead atoms. The maximum Gasteiger partial charge on any atom is 0.326 e. The molecule has 9 amide bonds. The molecule has 1 aromatic carbocycles. The van der Waals surface area contributed by atoms with Gasteiger partial charge in [-0.05, 0) is 86.0 Å².